The molecule has 3 heterocycles. The van der Waals surface area contributed by atoms with Crippen LogP contribution < -0.4 is 5.32 Å². The number of fused-ring (bicyclic) bond motifs is 1. The van der Waals surface area contributed by atoms with E-state index in [2.05, 4.69) is 10.3 Å². The van der Waals surface area contributed by atoms with E-state index in [4.69, 9.17) is 0 Å². The van der Waals surface area contributed by atoms with Gasteiger partial charge in [0.2, 0.25) is 5.91 Å². The first-order chi connectivity index (χ1) is 8.34. The summed E-state index contributed by atoms with van der Waals surface area (Å²) in [5.41, 5.74) is 1.12. The minimum atomic E-state index is 0.209. The van der Waals surface area contributed by atoms with Crippen LogP contribution >= 0.6 is 0 Å². The van der Waals surface area contributed by atoms with Gasteiger partial charge in [-0.25, -0.2) is 0 Å². The maximum Gasteiger partial charge on any atom is 0.227 e. The second kappa shape index (κ2) is 4.45. The van der Waals surface area contributed by atoms with Crippen molar-refractivity contribution in [2.75, 3.05) is 19.6 Å². The van der Waals surface area contributed by atoms with Crippen LogP contribution in [-0.4, -0.2) is 35.4 Å². The summed E-state index contributed by atoms with van der Waals surface area (Å²) in [4.78, 5) is 18.3. The number of piperidine rings is 1. The summed E-state index contributed by atoms with van der Waals surface area (Å²) in [6.07, 6.45) is 4.73. The van der Waals surface area contributed by atoms with Crippen LogP contribution in [-0.2, 0) is 11.3 Å². The first kappa shape index (κ1) is 10.7. The highest BCUT2D eigenvalue weighted by molar-refractivity contribution is 5.80. The van der Waals surface area contributed by atoms with E-state index in [9.17, 15) is 4.79 Å². The number of carbonyl (C=O) groups is 1. The van der Waals surface area contributed by atoms with Gasteiger partial charge in [0, 0.05) is 32.0 Å². The number of nitrogens with zero attached hydrogens (tertiary/aromatic N) is 2. The number of hydrogen-bond donors (Lipinski definition) is 1. The minimum absolute atomic E-state index is 0.209. The van der Waals surface area contributed by atoms with Crippen LogP contribution in [0.5, 0.6) is 0 Å². The van der Waals surface area contributed by atoms with Crippen LogP contribution in [0.4, 0.5) is 0 Å². The molecule has 4 heteroatoms. The Morgan fingerprint density at radius 2 is 2.41 bits per heavy atom. The summed E-state index contributed by atoms with van der Waals surface area (Å²) >= 11 is 0. The second-order valence-electron chi connectivity index (χ2n) is 4.93. The average molecular weight is 231 g/mol. The predicted octanol–water partition coefficient (Wildman–Crippen LogP) is 0.649. The maximum absolute atomic E-state index is 12.3. The molecule has 0 radical (unpaired) electrons. The van der Waals surface area contributed by atoms with Gasteiger partial charge in [-0.2, -0.15) is 0 Å². The third-order valence-electron chi connectivity index (χ3n) is 3.83. The molecule has 3 rings (SSSR count). The van der Waals surface area contributed by atoms with E-state index in [0.29, 0.717) is 18.4 Å². The van der Waals surface area contributed by atoms with E-state index >= 15 is 0 Å². The summed E-state index contributed by atoms with van der Waals surface area (Å²) in [6.45, 7) is 3.46. The summed E-state index contributed by atoms with van der Waals surface area (Å²) < 4.78 is 0. The minimum Gasteiger partial charge on any atom is -0.338 e. The quantitative estimate of drug-likeness (QED) is 0.813. The fourth-order valence-electron chi connectivity index (χ4n) is 2.86. The number of carbonyl (C=O) groups excluding carboxylic acids is 1. The highest BCUT2D eigenvalue weighted by Gasteiger charge is 2.39. The van der Waals surface area contributed by atoms with Gasteiger partial charge in [-0.05, 0) is 30.5 Å². The van der Waals surface area contributed by atoms with Gasteiger partial charge in [0.05, 0.1) is 5.92 Å². The first-order valence-corrected chi connectivity index (χ1v) is 6.23. The Kier molecular flexibility index (Phi) is 2.81. The average Bonchev–Trinajstić information content (AvgIpc) is 2.83. The third kappa shape index (κ3) is 2.05. The van der Waals surface area contributed by atoms with Crippen LogP contribution in [0.15, 0.2) is 24.5 Å². The molecule has 2 aliphatic heterocycles. The molecule has 1 N–H and O–H groups in total. The van der Waals surface area contributed by atoms with Gasteiger partial charge in [-0.3, -0.25) is 9.78 Å². The lowest BCUT2D eigenvalue weighted by Gasteiger charge is -2.33. The van der Waals surface area contributed by atoms with Crippen molar-refractivity contribution in [1.82, 2.24) is 15.2 Å². The molecule has 2 aliphatic rings. The molecule has 1 amide bonds. The van der Waals surface area contributed by atoms with Crippen LogP contribution in [0, 0.1) is 11.8 Å². The van der Waals surface area contributed by atoms with Gasteiger partial charge in [0.25, 0.3) is 0 Å². The molecule has 1 aromatic heterocycles. The zero-order valence-electron chi connectivity index (χ0n) is 9.80. The highest BCUT2D eigenvalue weighted by atomic mass is 16.2. The molecule has 0 unspecified atom stereocenters. The monoisotopic (exact) mass is 231 g/mol. The van der Waals surface area contributed by atoms with Crippen molar-refractivity contribution < 1.29 is 4.79 Å². The molecule has 90 valence electrons. The maximum atomic E-state index is 12.3. The van der Waals surface area contributed by atoms with E-state index in [1.165, 1.54) is 0 Å². The Bertz CT molecular complexity index is 406. The summed E-state index contributed by atoms with van der Waals surface area (Å²) in [5.74, 6) is 1.09. The lowest BCUT2D eigenvalue weighted by molar-refractivity contribution is -0.140. The van der Waals surface area contributed by atoms with Crippen molar-refractivity contribution in [3.63, 3.8) is 0 Å². The van der Waals surface area contributed by atoms with E-state index in [-0.39, 0.29) is 5.92 Å². The Labute approximate surface area is 101 Å². The van der Waals surface area contributed by atoms with Crippen molar-refractivity contribution in [2.45, 2.75) is 13.0 Å². The third-order valence-corrected chi connectivity index (χ3v) is 3.83. The SMILES string of the molecule is O=C1[C@H]2CNC[C@H]2CCN1Cc1cccnc1. The lowest BCUT2D eigenvalue weighted by atomic mass is 9.88. The van der Waals surface area contributed by atoms with Crippen molar-refractivity contribution in [3.8, 4) is 0 Å². The normalized spacial score (nSPS) is 28.2. The van der Waals surface area contributed by atoms with Crippen molar-refractivity contribution in [1.29, 1.82) is 0 Å². The van der Waals surface area contributed by atoms with Crippen LogP contribution in [0.3, 0.4) is 0 Å². The summed E-state index contributed by atoms with van der Waals surface area (Å²) in [7, 11) is 0. The molecule has 17 heavy (non-hydrogen) atoms. The van der Waals surface area contributed by atoms with Gasteiger partial charge in [0.15, 0.2) is 0 Å². The van der Waals surface area contributed by atoms with E-state index in [1.54, 1.807) is 6.20 Å². The standard InChI is InChI=1S/C13H17N3O/c17-13-12-8-15-7-11(12)3-5-16(13)9-10-2-1-4-14-6-10/h1-2,4,6,11-12,15H,3,5,7-9H2/t11-,12+/m1/s1. The van der Waals surface area contributed by atoms with Crippen LogP contribution in [0.25, 0.3) is 0 Å². The predicted molar refractivity (Wildman–Crippen MR) is 64.1 cm³/mol. The fourth-order valence-corrected chi connectivity index (χ4v) is 2.86. The smallest absolute Gasteiger partial charge is 0.227 e. The van der Waals surface area contributed by atoms with Gasteiger partial charge in [-0.1, -0.05) is 6.07 Å². The van der Waals surface area contributed by atoms with Crippen LogP contribution in [0.1, 0.15) is 12.0 Å². The van der Waals surface area contributed by atoms with Gasteiger partial charge >= 0.3 is 0 Å². The number of aromatic nitrogens is 1. The molecule has 0 spiro atoms. The lowest BCUT2D eigenvalue weighted by Crippen LogP contribution is -2.44. The molecule has 0 aliphatic carbocycles. The molecule has 2 atom stereocenters. The number of amides is 1. The Morgan fingerprint density at radius 1 is 1.47 bits per heavy atom. The first-order valence-electron chi connectivity index (χ1n) is 6.23. The molecule has 4 nitrogen and oxygen atoms in total. The molecule has 0 bridgehead atoms. The van der Waals surface area contributed by atoms with E-state index in [0.717, 1.165) is 31.6 Å². The number of likely N-dealkylation sites (tertiary alicyclic amines) is 1. The van der Waals surface area contributed by atoms with E-state index < -0.39 is 0 Å². The number of nitrogens with one attached hydrogen (secondary N) is 1. The second-order valence-corrected chi connectivity index (χ2v) is 4.93. The summed E-state index contributed by atoms with van der Waals surface area (Å²) in [6, 6.07) is 3.95. The molecular weight excluding hydrogens is 214 g/mol. The van der Waals surface area contributed by atoms with Crippen molar-refractivity contribution in [3.05, 3.63) is 30.1 Å². The number of rotatable bonds is 2. The highest BCUT2D eigenvalue weighted by Crippen LogP contribution is 2.28. The number of pyridine rings is 1. The van der Waals surface area contributed by atoms with Gasteiger partial charge in [-0.15, -0.1) is 0 Å². The number of hydrogen-bond acceptors (Lipinski definition) is 3. The molecule has 2 saturated heterocycles. The zero-order chi connectivity index (χ0) is 11.7. The molecular formula is C13H17N3O. The van der Waals surface area contributed by atoms with Crippen molar-refractivity contribution in [2.24, 2.45) is 11.8 Å². The van der Waals surface area contributed by atoms with Gasteiger partial charge in [0.1, 0.15) is 0 Å². The topological polar surface area (TPSA) is 45.2 Å². The molecule has 2 fully saturated rings. The Hall–Kier alpha value is -1.42. The largest absolute Gasteiger partial charge is 0.338 e. The van der Waals surface area contributed by atoms with Crippen molar-refractivity contribution >= 4 is 5.91 Å². The molecule has 0 aromatic carbocycles. The summed E-state index contributed by atoms with van der Waals surface area (Å²) in [5, 5.41) is 3.32. The Balaban J connectivity index is 1.70. The van der Waals surface area contributed by atoms with Crippen LogP contribution in [0.2, 0.25) is 0 Å². The Morgan fingerprint density at radius 3 is 3.24 bits per heavy atom. The zero-order valence-corrected chi connectivity index (χ0v) is 9.80. The van der Waals surface area contributed by atoms with Gasteiger partial charge < -0.3 is 10.2 Å². The van der Waals surface area contributed by atoms with E-state index in [1.807, 2.05) is 23.2 Å². The fraction of sp³-hybridized carbons (Fsp3) is 0.538. The molecule has 1 aromatic rings. The molecule has 0 saturated carbocycles.